The van der Waals surface area contributed by atoms with Gasteiger partial charge in [0.1, 0.15) is 19.0 Å². The summed E-state index contributed by atoms with van der Waals surface area (Å²) in [6.07, 6.45) is 0. The van der Waals surface area contributed by atoms with Gasteiger partial charge in [0, 0.05) is 18.2 Å². The van der Waals surface area contributed by atoms with E-state index in [4.69, 9.17) is 18.9 Å². The molecule has 0 unspecified atom stereocenters. The molecule has 138 valence electrons. The highest BCUT2D eigenvalue weighted by atomic mass is 16.6. The minimum absolute atomic E-state index is 0.113. The second-order valence-corrected chi connectivity index (χ2v) is 5.20. The number of rotatable bonds is 12. The summed E-state index contributed by atoms with van der Waals surface area (Å²) in [5, 5.41) is 2.68. The average molecular weight is 351 g/mol. The van der Waals surface area contributed by atoms with Crippen LogP contribution in [0, 0.1) is 0 Å². The van der Waals surface area contributed by atoms with Gasteiger partial charge in [-0.3, -0.25) is 4.79 Å². The maximum Gasteiger partial charge on any atom is 0.333 e. The van der Waals surface area contributed by atoms with E-state index in [9.17, 15) is 9.59 Å². The molecule has 0 aliphatic heterocycles. The lowest BCUT2D eigenvalue weighted by Crippen LogP contribution is -2.14. The molecule has 1 rings (SSSR count). The molecule has 0 saturated heterocycles. The Morgan fingerprint density at radius 3 is 2.04 bits per heavy atom. The highest BCUT2D eigenvalue weighted by molar-refractivity contribution is 5.88. The Morgan fingerprint density at radius 2 is 1.48 bits per heavy atom. The molecule has 0 atom stereocenters. The van der Waals surface area contributed by atoms with Crippen molar-refractivity contribution >= 4 is 17.6 Å². The first-order valence-corrected chi connectivity index (χ1v) is 7.97. The third kappa shape index (κ3) is 10.2. The summed E-state index contributed by atoms with van der Waals surface area (Å²) in [6, 6.07) is 7.10. The van der Waals surface area contributed by atoms with E-state index in [2.05, 4.69) is 11.9 Å². The third-order valence-electron chi connectivity index (χ3n) is 2.85. The van der Waals surface area contributed by atoms with Crippen LogP contribution in [0.15, 0.2) is 36.4 Å². The monoisotopic (exact) mass is 351 g/mol. The van der Waals surface area contributed by atoms with Crippen LogP contribution < -0.4 is 10.1 Å². The van der Waals surface area contributed by atoms with Crippen molar-refractivity contribution in [2.45, 2.75) is 13.8 Å². The largest absolute Gasteiger partial charge is 0.491 e. The maximum absolute atomic E-state index is 11.1. The van der Waals surface area contributed by atoms with Crippen molar-refractivity contribution in [3.63, 3.8) is 0 Å². The van der Waals surface area contributed by atoms with Crippen LogP contribution in [0.2, 0.25) is 0 Å². The molecule has 7 heteroatoms. The van der Waals surface area contributed by atoms with Crippen molar-refractivity contribution < 1.29 is 28.5 Å². The van der Waals surface area contributed by atoms with Crippen LogP contribution in [0.3, 0.4) is 0 Å². The SMILES string of the molecule is C=C(C)C(=O)OCCOCCOCCOc1ccc(NC(C)=O)cc1. The van der Waals surface area contributed by atoms with Gasteiger partial charge in [0.05, 0.1) is 26.4 Å². The van der Waals surface area contributed by atoms with E-state index in [1.165, 1.54) is 6.92 Å². The molecular formula is C18H25NO6. The van der Waals surface area contributed by atoms with Crippen molar-refractivity contribution in [3.05, 3.63) is 36.4 Å². The Labute approximate surface area is 147 Å². The van der Waals surface area contributed by atoms with Gasteiger partial charge >= 0.3 is 5.97 Å². The van der Waals surface area contributed by atoms with Crippen molar-refractivity contribution in [1.29, 1.82) is 0 Å². The maximum atomic E-state index is 11.1. The zero-order chi connectivity index (χ0) is 18.5. The predicted molar refractivity (Wildman–Crippen MR) is 93.7 cm³/mol. The fourth-order valence-electron chi connectivity index (χ4n) is 1.69. The zero-order valence-electron chi connectivity index (χ0n) is 14.7. The quantitative estimate of drug-likeness (QED) is 0.353. The van der Waals surface area contributed by atoms with Crippen molar-refractivity contribution in [2.24, 2.45) is 0 Å². The summed E-state index contributed by atoms with van der Waals surface area (Å²) in [6.45, 7) is 8.74. The van der Waals surface area contributed by atoms with Crippen molar-refractivity contribution in [1.82, 2.24) is 0 Å². The molecule has 0 radical (unpaired) electrons. The van der Waals surface area contributed by atoms with Gasteiger partial charge in [-0.05, 0) is 31.2 Å². The number of benzene rings is 1. The van der Waals surface area contributed by atoms with Crippen LogP contribution in [-0.4, -0.2) is 51.5 Å². The van der Waals surface area contributed by atoms with E-state index in [1.807, 2.05) is 0 Å². The number of anilines is 1. The fraction of sp³-hybridized carbons (Fsp3) is 0.444. The number of nitrogens with one attached hydrogen (secondary N) is 1. The topological polar surface area (TPSA) is 83.1 Å². The van der Waals surface area contributed by atoms with Gasteiger partial charge in [0.2, 0.25) is 5.91 Å². The van der Waals surface area contributed by atoms with Crippen LogP contribution >= 0.6 is 0 Å². The summed E-state index contributed by atoms with van der Waals surface area (Å²) in [5.41, 5.74) is 1.09. The molecule has 0 aliphatic carbocycles. The standard InChI is InChI=1S/C18H25NO6/c1-14(2)18(21)25-13-11-23-9-8-22-10-12-24-17-6-4-16(5-7-17)19-15(3)20/h4-7H,1,8-13H2,2-3H3,(H,19,20). The van der Waals surface area contributed by atoms with E-state index in [-0.39, 0.29) is 12.5 Å². The number of carbonyl (C=O) groups excluding carboxylic acids is 2. The van der Waals surface area contributed by atoms with Crippen molar-refractivity contribution in [3.8, 4) is 5.75 Å². The third-order valence-corrected chi connectivity index (χ3v) is 2.85. The Bertz CT molecular complexity index is 555. The van der Waals surface area contributed by atoms with Crippen LogP contribution in [-0.2, 0) is 23.8 Å². The first kappa shape index (κ1) is 20.7. The molecule has 0 saturated carbocycles. The Balaban J connectivity index is 1.97. The molecule has 0 heterocycles. The van der Waals surface area contributed by atoms with E-state index in [1.54, 1.807) is 31.2 Å². The summed E-state index contributed by atoms with van der Waals surface area (Å²) in [4.78, 5) is 22.0. The molecule has 1 aromatic carbocycles. The number of amides is 1. The number of carbonyl (C=O) groups is 2. The number of hydrogen-bond acceptors (Lipinski definition) is 6. The minimum atomic E-state index is -0.415. The molecule has 25 heavy (non-hydrogen) atoms. The van der Waals surface area contributed by atoms with E-state index in [0.29, 0.717) is 44.4 Å². The molecule has 1 amide bonds. The van der Waals surface area contributed by atoms with Gasteiger partial charge in [-0.15, -0.1) is 0 Å². The van der Waals surface area contributed by atoms with Gasteiger partial charge in [0.25, 0.3) is 0 Å². The smallest absolute Gasteiger partial charge is 0.333 e. The Hall–Kier alpha value is -2.38. The summed E-state index contributed by atoms with van der Waals surface area (Å²) < 4.78 is 21.0. The average Bonchev–Trinajstić information content (AvgIpc) is 2.57. The fourth-order valence-corrected chi connectivity index (χ4v) is 1.69. The second kappa shape index (κ2) is 12.0. The highest BCUT2D eigenvalue weighted by Gasteiger charge is 2.02. The first-order chi connectivity index (χ1) is 12.0. The molecule has 1 aromatic rings. The minimum Gasteiger partial charge on any atom is -0.491 e. The molecule has 0 spiro atoms. The lowest BCUT2D eigenvalue weighted by molar-refractivity contribution is -0.140. The number of ether oxygens (including phenoxy) is 4. The normalized spacial score (nSPS) is 10.2. The Kier molecular flexibility index (Phi) is 9.96. The molecule has 7 nitrogen and oxygen atoms in total. The van der Waals surface area contributed by atoms with Crippen LogP contribution in [0.5, 0.6) is 5.75 Å². The zero-order valence-corrected chi connectivity index (χ0v) is 14.7. The van der Waals surface area contributed by atoms with E-state index < -0.39 is 5.97 Å². The van der Waals surface area contributed by atoms with Gasteiger partial charge in [-0.25, -0.2) is 4.79 Å². The first-order valence-electron chi connectivity index (χ1n) is 7.97. The Morgan fingerprint density at radius 1 is 0.920 bits per heavy atom. The molecule has 0 bridgehead atoms. The molecular weight excluding hydrogens is 326 g/mol. The molecule has 0 aromatic heterocycles. The van der Waals surface area contributed by atoms with Gasteiger partial charge in [-0.2, -0.15) is 0 Å². The lowest BCUT2D eigenvalue weighted by Gasteiger charge is -2.09. The number of hydrogen-bond donors (Lipinski definition) is 1. The highest BCUT2D eigenvalue weighted by Crippen LogP contribution is 2.15. The summed E-state index contributed by atoms with van der Waals surface area (Å²) in [7, 11) is 0. The molecule has 0 aliphatic rings. The van der Waals surface area contributed by atoms with E-state index >= 15 is 0 Å². The van der Waals surface area contributed by atoms with Crippen LogP contribution in [0.1, 0.15) is 13.8 Å². The number of esters is 1. The van der Waals surface area contributed by atoms with Gasteiger partial charge in [-0.1, -0.05) is 6.58 Å². The summed E-state index contributed by atoms with van der Waals surface area (Å²) >= 11 is 0. The lowest BCUT2D eigenvalue weighted by atomic mass is 10.3. The summed E-state index contributed by atoms with van der Waals surface area (Å²) in [5.74, 6) is 0.175. The van der Waals surface area contributed by atoms with Gasteiger partial charge < -0.3 is 24.3 Å². The van der Waals surface area contributed by atoms with Gasteiger partial charge in [0.15, 0.2) is 0 Å². The van der Waals surface area contributed by atoms with Crippen molar-refractivity contribution in [2.75, 3.05) is 45.0 Å². The molecule has 1 N–H and O–H groups in total. The molecule has 0 fully saturated rings. The predicted octanol–water partition coefficient (Wildman–Crippen LogP) is 2.18. The van der Waals surface area contributed by atoms with E-state index in [0.717, 1.165) is 5.69 Å². The van der Waals surface area contributed by atoms with Crippen LogP contribution in [0.4, 0.5) is 5.69 Å². The van der Waals surface area contributed by atoms with Crippen LogP contribution in [0.25, 0.3) is 0 Å². The second-order valence-electron chi connectivity index (χ2n) is 5.20.